The number of ether oxygens (including phenoxy) is 1. The van der Waals surface area contributed by atoms with Crippen molar-refractivity contribution >= 4 is 22.5 Å². The van der Waals surface area contributed by atoms with Crippen molar-refractivity contribution in [3.63, 3.8) is 0 Å². The molecule has 0 aliphatic rings. The van der Waals surface area contributed by atoms with Crippen molar-refractivity contribution in [1.82, 2.24) is 0 Å². The molecule has 6 heteroatoms. The van der Waals surface area contributed by atoms with Crippen LogP contribution in [0.5, 0.6) is 5.75 Å². The SMILES string of the molecule is CCCCCOc1ccc(C(=O)Cl)cc1[N+](=O)[O-]. The number of nitro groups is 1. The highest BCUT2D eigenvalue weighted by molar-refractivity contribution is 6.67. The van der Waals surface area contributed by atoms with E-state index in [1.54, 1.807) is 0 Å². The minimum Gasteiger partial charge on any atom is -0.487 e. The molecule has 18 heavy (non-hydrogen) atoms. The lowest BCUT2D eigenvalue weighted by molar-refractivity contribution is -0.385. The van der Waals surface area contributed by atoms with Crippen molar-refractivity contribution in [3.05, 3.63) is 33.9 Å². The Morgan fingerprint density at radius 3 is 2.72 bits per heavy atom. The largest absolute Gasteiger partial charge is 0.487 e. The van der Waals surface area contributed by atoms with Gasteiger partial charge in [-0.1, -0.05) is 19.8 Å². The highest BCUT2D eigenvalue weighted by atomic mass is 35.5. The molecule has 1 aromatic rings. The number of hydrogen-bond acceptors (Lipinski definition) is 4. The fourth-order valence-corrected chi connectivity index (χ4v) is 1.56. The summed E-state index contributed by atoms with van der Waals surface area (Å²) >= 11 is 5.28. The van der Waals surface area contributed by atoms with Crippen LogP contribution in [-0.4, -0.2) is 16.8 Å². The molecule has 0 amide bonds. The summed E-state index contributed by atoms with van der Waals surface area (Å²) in [6.45, 7) is 2.48. The molecule has 0 aromatic heterocycles. The van der Waals surface area contributed by atoms with Gasteiger partial charge in [0.25, 0.3) is 5.24 Å². The lowest BCUT2D eigenvalue weighted by atomic mass is 10.2. The van der Waals surface area contributed by atoms with E-state index >= 15 is 0 Å². The Bertz CT molecular complexity index is 448. The molecule has 0 bridgehead atoms. The van der Waals surface area contributed by atoms with Crippen molar-refractivity contribution in [2.45, 2.75) is 26.2 Å². The van der Waals surface area contributed by atoms with Gasteiger partial charge in [-0.05, 0) is 30.2 Å². The molecule has 0 aliphatic carbocycles. The second-order valence-electron chi connectivity index (χ2n) is 3.77. The quantitative estimate of drug-likeness (QED) is 0.329. The molecule has 0 spiro atoms. The Hall–Kier alpha value is -1.62. The van der Waals surface area contributed by atoms with Crippen LogP contribution in [0.15, 0.2) is 18.2 Å². The van der Waals surface area contributed by atoms with E-state index in [1.807, 2.05) is 0 Å². The fraction of sp³-hybridized carbons (Fsp3) is 0.417. The normalized spacial score (nSPS) is 10.1. The second kappa shape index (κ2) is 6.96. The summed E-state index contributed by atoms with van der Waals surface area (Å²) in [6.07, 6.45) is 2.89. The van der Waals surface area contributed by atoms with Gasteiger partial charge < -0.3 is 4.74 Å². The van der Waals surface area contributed by atoms with Crippen molar-refractivity contribution in [2.75, 3.05) is 6.61 Å². The van der Waals surface area contributed by atoms with Crippen LogP contribution in [0.1, 0.15) is 36.5 Å². The summed E-state index contributed by atoms with van der Waals surface area (Å²) in [7, 11) is 0. The number of benzene rings is 1. The van der Waals surface area contributed by atoms with E-state index in [1.165, 1.54) is 12.1 Å². The van der Waals surface area contributed by atoms with Crippen LogP contribution in [-0.2, 0) is 0 Å². The maximum Gasteiger partial charge on any atom is 0.311 e. The molecule has 0 heterocycles. The lowest BCUT2D eigenvalue weighted by Crippen LogP contribution is -2.02. The molecule has 0 N–H and O–H groups in total. The van der Waals surface area contributed by atoms with Crippen molar-refractivity contribution in [1.29, 1.82) is 0 Å². The molecule has 0 saturated heterocycles. The summed E-state index contributed by atoms with van der Waals surface area (Å²) in [5.41, 5.74) is -0.151. The first-order valence-electron chi connectivity index (χ1n) is 5.67. The predicted molar refractivity (Wildman–Crippen MR) is 68.3 cm³/mol. The zero-order valence-electron chi connectivity index (χ0n) is 10.0. The third-order valence-electron chi connectivity index (χ3n) is 2.39. The van der Waals surface area contributed by atoms with Crippen molar-refractivity contribution < 1.29 is 14.5 Å². The molecule has 0 atom stereocenters. The third kappa shape index (κ3) is 4.00. The van der Waals surface area contributed by atoms with Gasteiger partial charge in [-0.15, -0.1) is 0 Å². The molecule has 0 saturated carbocycles. The maximum absolute atomic E-state index is 10.9. The minimum atomic E-state index is -0.726. The van der Waals surface area contributed by atoms with Crippen LogP contribution >= 0.6 is 11.6 Å². The maximum atomic E-state index is 10.9. The number of carbonyl (C=O) groups excluding carboxylic acids is 1. The highest BCUT2D eigenvalue weighted by Crippen LogP contribution is 2.28. The summed E-state index contributed by atoms with van der Waals surface area (Å²) < 4.78 is 5.34. The average Bonchev–Trinajstić information content (AvgIpc) is 2.34. The predicted octanol–water partition coefficient (Wildman–Crippen LogP) is 3.54. The molecule has 0 unspecified atom stereocenters. The molecule has 0 fully saturated rings. The van der Waals surface area contributed by atoms with Gasteiger partial charge in [-0.25, -0.2) is 0 Å². The van der Waals surface area contributed by atoms with E-state index in [0.29, 0.717) is 6.61 Å². The number of halogens is 1. The second-order valence-corrected chi connectivity index (χ2v) is 4.11. The number of nitro benzene ring substituents is 1. The van der Waals surface area contributed by atoms with Crippen molar-refractivity contribution in [3.8, 4) is 5.75 Å². The Morgan fingerprint density at radius 1 is 1.44 bits per heavy atom. The number of rotatable bonds is 7. The van der Waals surface area contributed by atoms with Crippen LogP contribution in [0.25, 0.3) is 0 Å². The highest BCUT2D eigenvalue weighted by Gasteiger charge is 2.17. The zero-order valence-corrected chi connectivity index (χ0v) is 10.8. The summed E-state index contributed by atoms with van der Waals surface area (Å²) in [6, 6.07) is 3.95. The Balaban J connectivity index is 2.83. The van der Waals surface area contributed by atoms with Crippen LogP contribution in [0, 0.1) is 10.1 Å². The van der Waals surface area contributed by atoms with E-state index < -0.39 is 10.2 Å². The summed E-state index contributed by atoms with van der Waals surface area (Å²) in [5, 5.41) is 10.1. The molecule has 98 valence electrons. The van der Waals surface area contributed by atoms with Crippen LogP contribution < -0.4 is 4.74 Å². The summed E-state index contributed by atoms with van der Waals surface area (Å²) in [5.74, 6) is 0.165. The fourth-order valence-electron chi connectivity index (χ4n) is 1.44. The summed E-state index contributed by atoms with van der Waals surface area (Å²) in [4.78, 5) is 21.2. The number of hydrogen-bond donors (Lipinski definition) is 0. The number of unbranched alkanes of at least 4 members (excludes halogenated alkanes) is 2. The van der Waals surface area contributed by atoms with Crippen molar-refractivity contribution in [2.24, 2.45) is 0 Å². The van der Waals surface area contributed by atoms with Gasteiger partial charge in [0.15, 0.2) is 5.75 Å². The topological polar surface area (TPSA) is 69.4 Å². The smallest absolute Gasteiger partial charge is 0.311 e. The first kappa shape index (κ1) is 14.4. The van der Waals surface area contributed by atoms with Crippen LogP contribution in [0.2, 0.25) is 0 Å². The van der Waals surface area contributed by atoms with Gasteiger partial charge >= 0.3 is 5.69 Å². The van der Waals surface area contributed by atoms with Crippen LogP contribution in [0.4, 0.5) is 5.69 Å². The van der Waals surface area contributed by atoms with E-state index in [-0.39, 0.29) is 17.0 Å². The molecule has 1 aromatic carbocycles. The molecular weight excluding hydrogens is 258 g/mol. The first-order valence-corrected chi connectivity index (χ1v) is 6.05. The number of carbonyl (C=O) groups is 1. The number of nitrogens with zero attached hydrogens (tertiary/aromatic N) is 1. The van der Waals surface area contributed by atoms with Gasteiger partial charge in [0.2, 0.25) is 0 Å². The third-order valence-corrected chi connectivity index (χ3v) is 2.61. The van der Waals surface area contributed by atoms with E-state index in [4.69, 9.17) is 16.3 Å². The lowest BCUT2D eigenvalue weighted by Gasteiger charge is -2.06. The first-order chi connectivity index (χ1) is 8.56. The Labute approximate surface area is 110 Å². The standard InChI is InChI=1S/C12H14ClNO4/c1-2-3-4-7-18-11-6-5-9(12(13)15)8-10(11)14(16)17/h5-6,8H,2-4,7H2,1H3. The molecule has 0 radical (unpaired) electrons. The Morgan fingerprint density at radius 2 is 2.17 bits per heavy atom. The van der Waals surface area contributed by atoms with E-state index in [9.17, 15) is 14.9 Å². The Kier molecular flexibility index (Phi) is 5.58. The zero-order chi connectivity index (χ0) is 13.5. The van der Waals surface area contributed by atoms with Gasteiger partial charge in [-0.2, -0.15) is 0 Å². The van der Waals surface area contributed by atoms with E-state index in [2.05, 4.69) is 6.92 Å². The van der Waals surface area contributed by atoms with Gasteiger partial charge in [0.1, 0.15) is 0 Å². The van der Waals surface area contributed by atoms with Gasteiger partial charge in [-0.3, -0.25) is 14.9 Å². The molecule has 5 nitrogen and oxygen atoms in total. The molecule has 0 aliphatic heterocycles. The molecule has 1 rings (SSSR count). The minimum absolute atomic E-state index is 0.0873. The average molecular weight is 272 g/mol. The van der Waals surface area contributed by atoms with Gasteiger partial charge in [0.05, 0.1) is 11.5 Å². The molecular formula is C12H14ClNO4. The van der Waals surface area contributed by atoms with Gasteiger partial charge in [0, 0.05) is 11.6 Å². The van der Waals surface area contributed by atoms with E-state index in [0.717, 1.165) is 25.3 Å². The van der Waals surface area contributed by atoms with Crippen LogP contribution in [0.3, 0.4) is 0 Å². The monoisotopic (exact) mass is 271 g/mol.